The van der Waals surface area contributed by atoms with E-state index in [-0.39, 0.29) is 17.3 Å². The monoisotopic (exact) mass is 378 g/mol. The summed E-state index contributed by atoms with van der Waals surface area (Å²) in [6, 6.07) is 7.92. The largest absolute Gasteiger partial charge is 0.478 e. The van der Waals surface area contributed by atoms with Crippen LogP contribution in [0.25, 0.3) is 0 Å². The third-order valence-corrected chi connectivity index (χ3v) is 6.06. The zero-order chi connectivity index (χ0) is 18.7. The Bertz CT molecular complexity index is 877. The summed E-state index contributed by atoms with van der Waals surface area (Å²) in [5.41, 5.74) is 0.371. The van der Waals surface area contributed by atoms with Crippen molar-refractivity contribution in [3.63, 3.8) is 0 Å². The smallest absolute Gasteiger partial charge is 0.265 e. The van der Waals surface area contributed by atoms with Gasteiger partial charge in [-0.2, -0.15) is 4.31 Å². The molecule has 1 N–H and O–H groups in total. The number of amides is 1. The zero-order valence-corrected chi connectivity index (χ0v) is 15.6. The standard InChI is InChI=1S/C18H22N2O5S/c1-3-4-7-17-18(21)19-15-11-14(8-9-16(15)25-17)26(22,23)20(2)12-13-6-5-10-24-13/h5-6,8-11,17H,3-4,7,12H2,1-2H3,(H,19,21). The average Bonchev–Trinajstić information content (AvgIpc) is 3.12. The SMILES string of the molecule is CCCCC1Oc2ccc(S(=O)(=O)N(C)Cc3ccco3)cc2NC1=O. The minimum absolute atomic E-state index is 0.0845. The van der Waals surface area contributed by atoms with Gasteiger partial charge in [-0.05, 0) is 43.2 Å². The fourth-order valence-electron chi connectivity index (χ4n) is 2.76. The van der Waals surface area contributed by atoms with Crippen LogP contribution < -0.4 is 10.1 Å². The number of furan rings is 1. The first-order chi connectivity index (χ1) is 12.4. The van der Waals surface area contributed by atoms with Crippen molar-refractivity contribution in [3.05, 3.63) is 42.4 Å². The van der Waals surface area contributed by atoms with E-state index in [4.69, 9.17) is 9.15 Å². The van der Waals surface area contributed by atoms with E-state index in [0.717, 1.165) is 12.8 Å². The molecule has 2 heterocycles. The van der Waals surface area contributed by atoms with Crippen LogP contribution in [0.2, 0.25) is 0 Å². The van der Waals surface area contributed by atoms with E-state index >= 15 is 0 Å². The van der Waals surface area contributed by atoms with Crippen molar-refractivity contribution in [2.45, 2.75) is 43.7 Å². The van der Waals surface area contributed by atoms with Gasteiger partial charge in [-0.25, -0.2) is 8.42 Å². The molecular formula is C18H22N2O5S. The van der Waals surface area contributed by atoms with Crippen LogP contribution in [0.5, 0.6) is 5.75 Å². The van der Waals surface area contributed by atoms with Gasteiger partial charge in [0.1, 0.15) is 11.5 Å². The second-order valence-corrected chi connectivity index (χ2v) is 8.28. The molecule has 1 atom stereocenters. The maximum atomic E-state index is 12.8. The molecule has 0 aliphatic carbocycles. The number of anilines is 1. The van der Waals surface area contributed by atoms with Gasteiger partial charge in [0.25, 0.3) is 5.91 Å². The molecule has 1 amide bonds. The highest BCUT2D eigenvalue weighted by molar-refractivity contribution is 7.89. The highest BCUT2D eigenvalue weighted by Crippen LogP contribution is 2.33. The van der Waals surface area contributed by atoms with E-state index in [1.54, 1.807) is 18.2 Å². The van der Waals surface area contributed by atoms with E-state index in [1.807, 2.05) is 6.92 Å². The first-order valence-corrected chi connectivity index (χ1v) is 9.96. The molecule has 0 saturated carbocycles. The average molecular weight is 378 g/mol. The summed E-state index contributed by atoms with van der Waals surface area (Å²) in [6.07, 6.45) is 3.45. The molecule has 1 aliphatic heterocycles. The van der Waals surface area contributed by atoms with Gasteiger partial charge < -0.3 is 14.5 Å². The summed E-state index contributed by atoms with van der Waals surface area (Å²) in [7, 11) is -2.25. The van der Waals surface area contributed by atoms with Crippen molar-refractivity contribution >= 4 is 21.6 Å². The first-order valence-electron chi connectivity index (χ1n) is 8.52. The second-order valence-electron chi connectivity index (χ2n) is 6.24. The van der Waals surface area contributed by atoms with Crippen LogP contribution in [0.15, 0.2) is 45.9 Å². The maximum Gasteiger partial charge on any atom is 0.265 e. The number of rotatable bonds is 7. The lowest BCUT2D eigenvalue weighted by Gasteiger charge is -2.26. The summed E-state index contributed by atoms with van der Waals surface area (Å²) in [6.45, 7) is 2.17. The zero-order valence-electron chi connectivity index (χ0n) is 14.8. The van der Waals surface area contributed by atoms with E-state index in [0.29, 0.717) is 23.6 Å². The van der Waals surface area contributed by atoms with Gasteiger partial charge in [-0.1, -0.05) is 13.3 Å². The molecule has 26 heavy (non-hydrogen) atoms. The number of ether oxygens (including phenoxy) is 1. The predicted octanol–water partition coefficient (Wildman–Crippen LogP) is 2.99. The third kappa shape index (κ3) is 3.76. The van der Waals surface area contributed by atoms with Crippen LogP contribution in [0.3, 0.4) is 0 Å². The molecule has 8 heteroatoms. The van der Waals surface area contributed by atoms with Gasteiger partial charge in [0.05, 0.1) is 23.4 Å². The number of fused-ring (bicyclic) bond motifs is 1. The lowest BCUT2D eigenvalue weighted by molar-refractivity contribution is -0.123. The number of hydrogen-bond donors (Lipinski definition) is 1. The van der Waals surface area contributed by atoms with E-state index < -0.39 is 16.1 Å². The van der Waals surface area contributed by atoms with Crippen LogP contribution in [0.4, 0.5) is 5.69 Å². The number of hydrogen-bond acceptors (Lipinski definition) is 5. The fourth-order valence-corrected chi connectivity index (χ4v) is 3.92. The molecule has 140 valence electrons. The number of nitrogens with one attached hydrogen (secondary N) is 1. The summed E-state index contributed by atoms with van der Waals surface area (Å²) in [5.74, 6) is 0.784. The third-order valence-electron chi connectivity index (χ3n) is 4.26. The summed E-state index contributed by atoms with van der Waals surface area (Å²) in [4.78, 5) is 12.2. The van der Waals surface area contributed by atoms with E-state index in [2.05, 4.69) is 5.32 Å². The molecule has 3 rings (SSSR count). The number of unbranched alkanes of at least 4 members (excludes halogenated alkanes) is 1. The van der Waals surface area contributed by atoms with Gasteiger partial charge in [-0.3, -0.25) is 4.79 Å². The lowest BCUT2D eigenvalue weighted by Crippen LogP contribution is -2.37. The van der Waals surface area contributed by atoms with Crippen molar-refractivity contribution < 1.29 is 22.4 Å². The Morgan fingerprint density at radius 2 is 2.08 bits per heavy atom. The van der Waals surface area contributed by atoms with Gasteiger partial charge in [0.2, 0.25) is 10.0 Å². The summed E-state index contributed by atoms with van der Waals surface area (Å²) < 4.78 is 37.6. The number of sulfonamides is 1. The van der Waals surface area contributed by atoms with Crippen molar-refractivity contribution in [2.75, 3.05) is 12.4 Å². The molecule has 1 aromatic heterocycles. The van der Waals surface area contributed by atoms with Gasteiger partial charge in [-0.15, -0.1) is 0 Å². The minimum atomic E-state index is -3.73. The Kier molecular flexibility index (Phi) is 5.33. The second kappa shape index (κ2) is 7.51. The van der Waals surface area contributed by atoms with Crippen LogP contribution >= 0.6 is 0 Å². The Balaban J connectivity index is 1.80. The van der Waals surface area contributed by atoms with Crippen molar-refractivity contribution in [2.24, 2.45) is 0 Å². The molecule has 1 unspecified atom stereocenters. The molecule has 0 saturated heterocycles. The van der Waals surface area contributed by atoms with Crippen LogP contribution in [0, 0.1) is 0 Å². The van der Waals surface area contributed by atoms with Crippen LogP contribution in [-0.2, 0) is 21.4 Å². The number of carbonyl (C=O) groups excluding carboxylic acids is 1. The summed E-state index contributed by atoms with van der Waals surface area (Å²) >= 11 is 0. The molecule has 2 aromatic rings. The maximum absolute atomic E-state index is 12.8. The summed E-state index contributed by atoms with van der Waals surface area (Å²) in [5, 5.41) is 2.75. The molecule has 0 spiro atoms. The molecule has 0 radical (unpaired) electrons. The molecule has 0 fully saturated rings. The topological polar surface area (TPSA) is 88.8 Å². The minimum Gasteiger partial charge on any atom is -0.478 e. The normalized spacial score (nSPS) is 16.9. The number of benzene rings is 1. The first kappa shape index (κ1) is 18.5. The molecule has 0 bridgehead atoms. The molecule has 1 aliphatic rings. The van der Waals surface area contributed by atoms with Gasteiger partial charge in [0.15, 0.2) is 6.10 Å². The van der Waals surface area contributed by atoms with E-state index in [1.165, 1.54) is 29.7 Å². The predicted molar refractivity (Wildman–Crippen MR) is 96.4 cm³/mol. The van der Waals surface area contributed by atoms with Crippen molar-refractivity contribution in [1.82, 2.24) is 4.31 Å². The van der Waals surface area contributed by atoms with E-state index in [9.17, 15) is 13.2 Å². The van der Waals surface area contributed by atoms with Crippen molar-refractivity contribution in [1.29, 1.82) is 0 Å². The molecule has 1 aromatic carbocycles. The van der Waals surface area contributed by atoms with Crippen molar-refractivity contribution in [3.8, 4) is 5.75 Å². The highest BCUT2D eigenvalue weighted by atomic mass is 32.2. The van der Waals surface area contributed by atoms with Gasteiger partial charge in [0, 0.05) is 7.05 Å². The Labute approximate surface area is 153 Å². The Morgan fingerprint density at radius 3 is 2.77 bits per heavy atom. The Hall–Kier alpha value is -2.32. The molecular weight excluding hydrogens is 356 g/mol. The van der Waals surface area contributed by atoms with Crippen LogP contribution in [0.1, 0.15) is 31.9 Å². The Morgan fingerprint density at radius 1 is 1.27 bits per heavy atom. The molecule has 7 nitrogen and oxygen atoms in total. The number of nitrogens with zero attached hydrogens (tertiary/aromatic N) is 1. The van der Waals surface area contributed by atoms with Crippen LogP contribution in [-0.4, -0.2) is 31.8 Å². The fraction of sp³-hybridized carbons (Fsp3) is 0.389. The highest BCUT2D eigenvalue weighted by Gasteiger charge is 2.29. The number of carbonyl (C=O) groups is 1. The quantitative estimate of drug-likeness (QED) is 0.800. The van der Waals surface area contributed by atoms with Gasteiger partial charge >= 0.3 is 0 Å². The lowest BCUT2D eigenvalue weighted by atomic mass is 10.1.